The van der Waals surface area contributed by atoms with Gasteiger partial charge in [-0.2, -0.15) is 0 Å². The molecule has 0 aliphatic rings. The van der Waals surface area contributed by atoms with E-state index in [-0.39, 0.29) is 24.9 Å². The third kappa shape index (κ3) is 6.74. The first-order valence-electron chi connectivity index (χ1n) is 8.65. The van der Waals surface area contributed by atoms with Gasteiger partial charge in [-0.15, -0.1) is 11.8 Å². The highest BCUT2D eigenvalue weighted by atomic mass is 32.2. The van der Waals surface area contributed by atoms with E-state index in [1.54, 1.807) is 43.1 Å². The van der Waals surface area contributed by atoms with Gasteiger partial charge in [-0.3, -0.25) is 9.59 Å². The minimum absolute atomic E-state index is 0.0474. The molecule has 0 N–H and O–H groups in total. The van der Waals surface area contributed by atoms with Crippen molar-refractivity contribution in [1.82, 2.24) is 4.90 Å². The molecule has 0 saturated heterocycles. The highest BCUT2D eigenvalue weighted by Crippen LogP contribution is 2.16. The summed E-state index contributed by atoms with van der Waals surface area (Å²) in [6.07, 6.45) is 2.00. The normalized spacial score (nSPS) is 10.2. The smallest absolute Gasteiger partial charge is 0.344 e. The second-order valence-electron chi connectivity index (χ2n) is 6.13. The van der Waals surface area contributed by atoms with Crippen LogP contribution in [0.1, 0.15) is 22.8 Å². The van der Waals surface area contributed by atoms with Crippen LogP contribution in [-0.2, 0) is 20.9 Å². The van der Waals surface area contributed by atoms with Gasteiger partial charge in [0.2, 0.25) is 0 Å². The van der Waals surface area contributed by atoms with Crippen LogP contribution in [-0.4, -0.2) is 49.1 Å². The molecule has 0 saturated carbocycles. The molecule has 0 fully saturated rings. The molecule has 0 aliphatic heterocycles. The molecule has 0 aliphatic carbocycles. The van der Waals surface area contributed by atoms with Crippen LogP contribution in [0.2, 0.25) is 0 Å². The number of esters is 1. The quantitative estimate of drug-likeness (QED) is 0.365. The number of ether oxygens (including phenoxy) is 2. The van der Waals surface area contributed by atoms with Crippen molar-refractivity contribution in [2.24, 2.45) is 0 Å². The van der Waals surface area contributed by atoms with E-state index in [2.05, 4.69) is 0 Å². The summed E-state index contributed by atoms with van der Waals surface area (Å²) in [5.41, 5.74) is 1.56. The standard InChI is InChI=1S/C21H23NO5S/c1-15(23)17-6-8-18(9-7-17)26-14-21(25)27-13-20(24)22(2)12-16-4-10-19(28-3)11-5-16/h4-11H,12-14H2,1-3H3. The SMILES string of the molecule is CSc1ccc(CN(C)C(=O)COC(=O)COc2ccc(C(C)=O)cc2)cc1. The summed E-state index contributed by atoms with van der Waals surface area (Å²) in [5, 5.41) is 0. The Morgan fingerprint density at radius 3 is 2.18 bits per heavy atom. The number of ketones is 1. The average Bonchev–Trinajstić information content (AvgIpc) is 2.71. The fourth-order valence-corrected chi connectivity index (χ4v) is 2.72. The summed E-state index contributed by atoms with van der Waals surface area (Å²) in [6.45, 7) is 1.25. The van der Waals surface area contributed by atoms with E-state index in [0.29, 0.717) is 17.9 Å². The lowest BCUT2D eigenvalue weighted by atomic mass is 10.1. The number of hydrogen-bond donors (Lipinski definition) is 0. The Morgan fingerprint density at radius 1 is 0.964 bits per heavy atom. The van der Waals surface area contributed by atoms with Crippen LogP contribution in [0.3, 0.4) is 0 Å². The zero-order valence-corrected chi connectivity index (χ0v) is 17.0. The number of likely N-dealkylation sites (N-methyl/N-ethyl adjacent to an activating group) is 1. The van der Waals surface area contributed by atoms with E-state index in [1.165, 1.54) is 11.8 Å². The Hall–Kier alpha value is -2.80. The molecule has 2 aromatic carbocycles. The first-order valence-corrected chi connectivity index (χ1v) is 9.88. The van der Waals surface area contributed by atoms with Crippen LogP contribution in [0.25, 0.3) is 0 Å². The number of carbonyl (C=O) groups excluding carboxylic acids is 3. The van der Waals surface area contributed by atoms with E-state index in [9.17, 15) is 14.4 Å². The molecule has 0 spiro atoms. The van der Waals surface area contributed by atoms with Crippen molar-refractivity contribution in [3.63, 3.8) is 0 Å². The first kappa shape index (κ1) is 21.5. The second kappa shape index (κ2) is 10.5. The Balaban J connectivity index is 1.73. The molecule has 2 aromatic rings. The van der Waals surface area contributed by atoms with Crippen molar-refractivity contribution < 1.29 is 23.9 Å². The topological polar surface area (TPSA) is 72.9 Å². The molecule has 6 nitrogen and oxygen atoms in total. The second-order valence-corrected chi connectivity index (χ2v) is 7.01. The zero-order valence-electron chi connectivity index (χ0n) is 16.1. The van der Waals surface area contributed by atoms with Crippen molar-refractivity contribution in [2.75, 3.05) is 26.5 Å². The van der Waals surface area contributed by atoms with Crippen LogP contribution >= 0.6 is 11.8 Å². The highest BCUT2D eigenvalue weighted by Gasteiger charge is 2.13. The van der Waals surface area contributed by atoms with E-state index in [0.717, 1.165) is 10.5 Å². The van der Waals surface area contributed by atoms with Crippen molar-refractivity contribution in [2.45, 2.75) is 18.4 Å². The van der Waals surface area contributed by atoms with Crippen LogP contribution in [0.15, 0.2) is 53.4 Å². The van der Waals surface area contributed by atoms with Crippen LogP contribution in [0.5, 0.6) is 5.75 Å². The van der Waals surface area contributed by atoms with E-state index >= 15 is 0 Å². The maximum atomic E-state index is 12.1. The molecule has 148 valence electrons. The summed E-state index contributed by atoms with van der Waals surface area (Å²) in [7, 11) is 1.66. The monoisotopic (exact) mass is 401 g/mol. The summed E-state index contributed by atoms with van der Waals surface area (Å²) in [6, 6.07) is 14.4. The third-order valence-corrected chi connectivity index (χ3v) is 4.72. The Bertz CT molecular complexity index is 818. The van der Waals surface area contributed by atoms with Crippen LogP contribution in [0, 0.1) is 0 Å². The molecule has 0 bridgehead atoms. The Kier molecular flexibility index (Phi) is 8.07. The number of hydrogen-bond acceptors (Lipinski definition) is 6. The van der Waals surface area contributed by atoms with Crippen molar-refractivity contribution in [3.8, 4) is 5.75 Å². The van der Waals surface area contributed by atoms with Crippen LogP contribution in [0.4, 0.5) is 0 Å². The molecule has 28 heavy (non-hydrogen) atoms. The number of Topliss-reactive ketones (excluding diaryl/α,β-unsaturated/α-hetero) is 1. The van der Waals surface area contributed by atoms with Gasteiger partial charge >= 0.3 is 5.97 Å². The number of carbonyl (C=O) groups is 3. The van der Waals surface area contributed by atoms with Gasteiger partial charge in [-0.25, -0.2) is 4.79 Å². The molecular weight excluding hydrogens is 378 g/mol. The van der Waals surface area contributed by atoms with Crippen LogP contribution < -0.4 is 4.74 Å². The largest absolute Gasteiger partial charge is 0.482 e. The van der Waals surface area contributed by atoms with Gasteiger partial charge in [0.25, 0.3) is 5.91 Å². The van der Waals surface area contributed by atoms with Crippen molar-refractivity contribution in [3.05, 3.63) is 59.7 Å². The lowest BCUT2D eigenvalue weighted by Gasteiger charge is -2.17. The van der Waals surface area contributed by atoms with Crippen molar-refractivity contribution in [1.29, 1.82) is 0 Å². The third-order valence-electron chi connectivity index (χ3n) is 3.98. The predicted octanol–water partition coefficient (Wildman–Crippen LogP) is 3.19. The van der Waals surface area contributed by atoms with E-state index in [4.69, 9.17) is 9.47 Å². The summed E-state index contributed by atoms with van der Waals surface area (Å²) >= 11 is 1.65. The Morgan fingerprint density at radius 2 is 1.61 bits per heavy atom. The van der Waals surface area contributed by atoms with Gasteiger partial charge in [-0.1, -0.05) is 12.1 Å². The summed E-state index contributed by atoms with van der Waals surface area (Å²) in [5.74, 6) is -0.539. The van der Waals surface area contributed by atoms with E-state index in [1.807, 2.05) is 30.5 Å². The molecule has 0 unspecified atom stereocenters. The van der Waals surface area contributed by atoms with Gasteiger partial charge in [0.15, 0.2) is 19.0 Å². The molecule has 2 rings (SSSR count). The fourth-order valence-electron chi connectivity index (χ4n) is 2.32. The molecular formula is C21H23NO5S. The first-order chi connectivity index (χ1) is 13.4. The number of amides is 1. The van der Waals surface area contributed by atoms with Gasteiger partial charge in [0, 0.05) is 24.1 Å². The lowest BCUT2D eigenvalue weighted by Crippen LogP contribution is -2.31. The Labute approximate surface area is 168 Å². The van der Waals surface area contributed by atoms with E-state index < -0.39 is 5.97 Å². The lowest BCUT2D eigenvalue weighted by molar-refractivity contribution is -0.153. The molecule has 0 aromatic heterocycles. The number of rotatable bonds is 9. The molecule has 1 amide bonds. The predicted molar refractivity (Wildman–Crippen MR) is 108 cm³/mol. The highest BCUT2D eigenvalue weighted by molar-refractivity contribution is 7.98. The molecule has 0 atom stereocenters. The minimum Gasteiger partial charge on any atom is -0.482 e. The summed E-state index contributed by atoms with van der Waals surface area (Å²) in [4.78, 5) is 37.8. The molecule has 0 heterocycles. The maximum Gasteiger partial charge on any atom is 0.344 e. The minimum atomic E-state index is -0.637. The zero-order chi connectivity index (χ0) is 20.5. The molecule has 7 heteroatoms. The van der Waals surface area contributed by atoms with Crippen molar-refractivity contribution >= 4 is 29.4 Å². The fraction of sp³-hybridized carbons (Fsp3) is 0.286. The number of nitrogens with zero attached hydrogens (tertiary/aromatic N) is 1. The number of benzene rings is 2. The maximum absolute atomic E-state index is 12.1. The average molecular weight is 401 g/mol. The van der Waals surface area contributed by atoms with Gasteiger partial charge in [0.05, 0.1) is 0 Å². The molecule has 0 radical (unpaired) electrons. The van der Waals surface area contributed by atoms with Gasteiger partial charge < -0.3 is 14.4 Å². The van der Waals surface area contributed by atoms with Gasteiger partial charge in [0.1, 0.15) is 5.75 Å². The number of thioether (sulfide) groups is 1. The van der Waals surface area contributed by atoms with Gasteiger partial charge in [-0.05, 0) is 55.1 Å². The summed E-state index contributed by atoms with van der Waals surface area (Å²) < 4.78 is 10.3.